The second-order valence-electron chi connectivity index (χ2n) is 4.83. The van der Waals surface area contributed by atoms with E-state index in [1.165, 1.54) is 0 Å². The van der Waals surface area contributed by atoms with Crippen LogP contribution in [0.3, 0.4) is 0 Å². The van der Waals surface area contributed by atoms with Crippen LogP contribution in [0.15, 0.2) is 24.3 Å². The highest BCUT2D eigenvalue weighted by atomic mass is 35.5. The van der Waals surface area contributed by atoms with Crippen LogP contribution in [0.25, 0.3) is 0 Å². The molecule has 1 aliphatic rings. The van der Waals surface area contributed by atoms with E-state index in [2.05, 4.69) is 10.6 Å². The summed E-state index contributed by atoms with van der Waals surface area (Å²) in [5, 5.41) is 7.04. The lowest BCUT2D eigenvalue weighted by Gasteiger charge is -2.24. The van der Waals surface area contributed by atoms with Gasteiger partial charge in [-0.2, -0.15) is 0 Å². The van der Waals surface area contributed by atoms with Gasteiger partial charge in [-0.1, -0.05) is 23.7 Å². The smallest absolute Gasteiger partial charge is 0.224 e. The Morgan fingerprint density at radius 1 is 1.42 bits per heavy atom. The van der Waals surface area contributed by atoms with E-state index in [0.29, 0.717) is 5.02 Å². The molecule has 0 aliphatic carbocycles. The maximum absolute atomic E-state index is 12.1. The molecule has 2 rings (SSSR count). The van der Waals surface area contributed by atoms with E-state index >= 15 is 0 Å². The van der Waals surface area contributed by atoms with Crippen LogP contribution in [0.5, 0.6) is 0 Å². The standard InChI is InChI=1S/C14H19ClN2O.ClH/c1-10(11-4-6-13(15)7-5-11)17-14(18)12-3-2-8-16-9-12;/h4-7,10,12,16H,2-3,8-9H2,1H3,(H,17,18);1H/t10?,12-;/m1./s1. The summed E-state index contributed by atoms with van der Waals surface area (Å²) in [6, 6.07) is 7.62. The van der Waals surface area contributed by atoms with Gasteiger partial charge in [-0.3, -0.25) is 4.79 Å². The van der Waals surface area contributed by atoms with Gasteiger partial charge in [-0.15, -0.1) is 12.4 Å². The second-order valence-corrected chi connectivity index (χ2v) is 5.26. The molecule has 19 heavy (non-hydrogen) atoms. The fourth-order valence-corrected chi connectivity index (χ4v) is 2.37. The SMILES string of the molecule is CC(NC(=O)[C@@H]1CCCNC1)c1ccc(Cl)cc1.Cl. The summed E-state index contributed by atoms with van der Waals surface area (Å²) in [5.41, 5.74) is 1.08. The van der Waals surface area contributed by atoms with Gasteiger partial charge in [0.05, 0.1) is 12.0 Å². The van der Waals surface area contributed by atoms with Crippen molar-refractivity contribution in [3.8, 4) is 0 Å². The summed E-state index contributed by atoms with van der Waals surface area (Å²) >= 11 is 5.85. The Hall–Kier alpha value is -0.770. The van der Waals surface area contributed by atoms with Gasteiger partial charge in [0.2, 0.25) is 5.91 Å². The molecule has 0 aromatic heterocycles. The number of nitrogens with one attached hydrogen (secondary N) is 2. The van der Waals surface area contributed by atoms with Crippen molar-refractivity contribution in [2.75, 3.05) is 13.1 Å². The Kier molecular flexibility index (Phi) is 6.63. The van der Waals surface area contributed by atoms with Crippen LogP contribution in [-0.2, 0) is 4.79 Å². The maximum Gasteiger partial charge on any atom is 0.224 e. The first-order chi connectivity index (χ1) is 8.66. The highest BCUT2D eigenvalue weighted by Crippen LogP contribution is 2.17. The third-order valence-electron chi connectivity index (χ3n) is 3.40. The van der Waals surface area contributed by atoms with Crippen LogP contribution in [0.1, 0.15) is 31.4 Å². The lowest BCUT2D eigenvalue weighted by Crippen LogP contribution is -2.41. The normalized spacial score (nSPS) is 20.2. The van der Waals surface area contributed by atoms with Crippen LogP contribution in [0.4, 0.5) is 0 Å². The summed E-state index contributed by atoms with van der Waals surface area (Å²) in [6.45, 7) is 3.81. The first-order valence-electron chi connectivity index (χ1n) is 6.43. The van der Waals surface area contributed by atoms with Crippen molar-refractivity contribution in [1.82, 2.24) is 10.6 Å². The van der Waals surface area contributed by atoms with E-state index in [0.717, 1.165) is 31.5 Å². The fraction of sp³-hybridized carbons (Fsp3) is 0.500. The largest absolute Gasteiger partial charge is 0.349 e. The highest BCUT2D eigenvalue weighted by molar-refractivity contribution is 6.30. The molecule has 1 fully saturated rings. The van der Waals surface area contributed by atoms with E-state index in [1.54, 1.807) is 0 Å². The minimum atomic E-state index is 0. The van der Waals surface area contributed by atoms with Gasteiger partial charge >= 0.3 is 0 Å². The van der Waals surface area contributed by atoms with Gasteiger partial charge in [-0.05, 0) is 44.0 Å². The van der Waals surface area contributed by atoms with E-state index in [-0.39, 0.29) is 30.3 Å². The minimum absolute atomic E-state index is 0. The first kappa shape index (κ1) is 16.3. The monoisotopic (exact) mass is 302 g/mol. The predicted octanol–water partition coefficient (Wildman–Crippen LogP) is 2.94. The second kappa shape index (κ2) is 7.73. The summed E-state index contributed by atoms with van der Waals surface area (Å²) < 4.78 is 0. The Balaban J connectivity index is 0.00000180. The van der Waals surface area contributed by atoms with Crippen LogP contribution >= 0.6 is 24.0 Å². The molecule has 0 radical (unpaired) electrons. The van der Waals surface area contributed by atoms with E-state index in [1.807, 2.05) is 31.2 Å². The zero-order valence-electron chi connectivity index (χ0n) is 11.0. The molecule has 1 aromatic carbocycles. The van der Waals surface area contributed by atoms with Gasteiger partial charge < -0.3 is 10.6 Å². The van der Waals surface area contributed by atoms with Crippen LogP contribution in [0.2, 0.25) is 5.02 Å². The van der Waals surface area contributed by atoms with Gasteiger partial charge in [0, 0.05) is 11.6 Å². The number of halogens is 2. The average molecular weight is 303 g/mol. The topological polar surface area (TPSA) is 41.1 Å². The Labute approximate surface area is 125 Å². The molecule has 1 saturated heterocycles. The molecule has 5 heteroatoms. The molecule has 3 nitrogen and oxygen atoms in total. The molecule has 1 aliphatic heterocycles. The van der Waals surface area contributed by atoms with Crippen molar-refractivity contribution < 1.29 is 4.79 Å². The van der Waals surface area contributed by atoms with Gasteiger partial charge in [0.25, 0.3) is 0 Å². The van der Waals surface area contributed by atoms with Crippen molar-refractivity contribution in [2.24, 2.45) is 5.92 Å². The van der Waals surface area contributed by atoms with Gasteiger partial charge in [0.15, 0.2) is 0 Å². The zero-order chi connectivity index (χ0) is 13.0. The minimum Gasteiger partial charge on any atom is -0.349 e. The van der Waals surface area contributed by atoms with Crippen molar-refractivity contribution >= 4 is 29.9 Å². The molecular formula is C14H20Cl2N2O. The van der Waals surface area contributed by atoms with E-state index in [9.17, 15) is 4.79 Å². The van der Waals surface area contributed by atoms with Gasteiger partial charge in [0.1, 0.15) is 0 Å². The summed E-state index contributed by atoms with van der Waals surface area (Å²) in [6.07, 6.45) is 2.06. The third-order valence-corrected chi connectivity index (χ3v) is 3.65. The number of carbonyl (C=O) groups is 1. The molecule has 1 aromatic rings. The lowest BCUT2D eigenvalue weighted by molar-refractivity contribution is -0.126. The molecule has 0 bridgehead atoms. The van der Waals surface area contributed by atoms with Crippen molar-refractivity contribution in [2.45, 2.75) is 25.8 Å². The third kappa shape index (κ3) is 4.68. The number of piperidine rings is 1. The number of hydrogen-bond acceptors (Lipinski definition) is 2. The number of hydrogen-bond donors (Lipinski definition) is 2. The number of carbonyl (C=O) groups excluding carboxylic acids is 1. The van der Waals surface area contributed by atoms with Crippen LogP contribution in [-0.4, -0.2) is 19.0 Å². The number of amides is 1. The fourth-order valence-electron chi connectivity index (χ4n) is 2.24. The molecule has 1 heterocycles. The summed E-state index contributed by atoms with van der Waals surface area (Å²) in [5.74, 6) is 0.248. The van der Waals surface area contributed by atoms with Crippen molar-refractivity contribution in [3.05, 3.63) is 34.9 Å². The average Bonchev–Trinajstić information content (AvgIpc) is 2.40. The molecule has 1 amide bonds. The van der Waals surface area contributed by atoms with E-state index in [4.69, 9.17) is 11.6 Å². The lowest BCUT2D eigenvalue weighted by atomic mass is 9.98. The molecular weight excluding hydrogens is 283 g/mol. The summed E-state index contributed by atoms with van der Waals surface area (Å²) in [4.78, 5) is 12.1. The highest BCUT2D eigenvalue weighted by Gasteiger charge is 2.22. The Morgan fingerprint density at radius 3 is 2.68 bits per heavy atom. The van der Waals surface area contributed by atoms with Crippen molar-refractivity contribution in [1.29, 1.82) is 0 Å². The molecule has 1 unspecified atom stereocenters. The quantitative estimate of drug-likeness (QED) is 0.901. The summed E-state index contributed by atoms with van der Waals surface area (Å²) in [7, 11) is 0. The molecule has 0 saturated carbocycles. The molecule has 106 valence electrons. The Morgan fingerprint density at radius 2 is 2.11 bits per heavy atom. The number of rotatable bonds is 3. The zero-order valence-corrected chi connectivity index (χ0v) is 12.6. The van der Waals surface area contributed by atoms with E-state index < -0.39 is 0 Å². The van der Waals surface area contributed by atoms with Gasteiger partial charge in [-0.25, -0.2) is 0 Å². The predicted molar refractivity (Wildman–Crippen MR) is 80.9 cm³/mol. The molecule has 0 spiro atoms. The molecule has 2 atom stereocenters. The first-order valence-corrected chi connectivity index (χ1v) is 6.81. The van der Waals surface area contributed by atoms with Crippen LogP contribution < -0.4 is 10.6 Å². The number of benzene rings is 1. The maximum atomic E-state index is 12.1. The molecule has 2 N–H and O–H groups in total. The Bertz CT molecular complexity index is 402. The van der Waals surface area contributed by atoms with Crippen molar-refractivity contribution in [3.63, 3.8) is 0 Å². The van der Waals surface area contributed by atoms with Crippen LogP contribution in [0, 0.1) is 5.92 Å².